The lowest BCUT2D eigenvalue weighted by atomic mass is 10.0. The van der Waals surface area contributed by atoms with Gasteiger partial charge in [-0.3, -0.25) is 9.20 Å². The Kier molecular flexibility index (Phi) is 6.04. The molecule has 0 aliphatic heterocycles. The van der Waals surface area contributed by atoms with Crippen LogP contribution < -0.4 is 5.32 Å². The van der Waals surface area contributed by atoms with E-state index in [2.05, 4.69) is 46.1 Å². The molecule has 0 amide bonds. The van der Waals surface area contributed by atoms with Crippen molar-refractivity contribution in [2.24, 2.45) is 5.92 Å². The zero-order valence-electron chi connectivity index (χ0n) is 20.1. The van der Waals surface area contributed by atoms with Crippen LogP contribution in [0.1, 0.15) is 35.2 Å². The van der Waals surface area contributed by atoms with Gasteiger partial charge in [0.05, 0.1) is 17.6 Å². The molecule has 178 valence electrons. The molecule has 0 spiro atoms. The molecule has 5 aromatic rings. The molecule has 0 bridgehead atoms. The summed E-state index contributed by atoms with van der Waals surface area (Å²) in [5, 5.41) is 3.52. The van der Waals surface area contributed by atoms with Gasteiger partial charge in [-0.15, -0.1) is 0 Å². The number of carbonyl (C=O) groups is 1. The van der Waals surface area contributed by atoms with E-state index in [9.17, 15) is 4.79 Å². The van der Waals surface area contributed by atoms with Crippen molar-refractivity contribution in [2.45, 2.75) is 25.7 Å². The summed E-state index contributed by atoms with van der Waals surface area (Å²) in [7, 11) is 0. The zero-order chi connectivity index (χ0) is 24.3. The largest absolute Gasteiger partial charge is 0.367 e. The highest BCUT2D eigenvalue weighted by atomic mass is 16.1. The summed E-state index contributed by atoms with van der Waals surface area (Å²) in [5.41, 5.74) is 6.76. The number of rotatable bonds is 9. The third-order valence-electron chi connectivity index (χ3n) is 6.78. The Morgan fingerprint density at radius 2 is 1.61 bits per heavy atom. The molecule has 1 saturated carbocycles. The van der Waals surface area contributed by atoms with Gasteiger partial charge >= 0.3 is 0 Å². The highest BCUT2D eigenvalue weighted by molar-refractivity contribution is 5.96. The predicted octanol–water partition coefficient (Wildman–Crippen LogP) is 6.70. The Morgan fingerprint density at radius 3 is 2.33 bits per heavy atom. The Bertz CT molecular complexity index is 1490. The number of hydrogen-bond acceptors (Lipinski definition) is 4. The van der Waals surface area contributed by atoms with Crippen LogP contribution in [0.25, 0.3) is 28.2 Å². The van der Waals surface area contributed by atoms with Gasteiger partial charge in [0.15, 0.2) is 17.2 Å². The van der Waals surface area contributed by atoms with Gasteiger partial charge in [0.2, 0.25) is 0 Å². The molecule has 1 fully saturated rings. The lowest BCUT2D eigenvalue weighted by Gasteiger charge is -2.12. The minimum atomic E-state index is 0.239. The molecule has 0 saturated heterocycles. The monoisotopic (exact) mass is 472 g/mol. The highest BCUT2D eigenvalue weighted by Crippen LogP contribution is 2.34. The van der Waals surface area contributed by atoms with E-state index in [1.165, 1.54) is 18.4 Å². The lowest BCUT2D eigenvalue weighted by Crippen LogP contribution is -2.09. The van der Waals surface area contributed by atoms with Crippen LogP contribution in [-0.2, 0) is 6.42 Å². The summed E-state index contributed by atoms with van der Waals surface area (Å²) in [4.78, 5) is 22.2. The SMILES string of the molecule is O=C(CC1CC1)c1ccc(-c2cnc3c(NCCc4ccccc4)nc(-c4ccccc4)cn23)cc1. The number of imidazole rings is 1. The number of carbonyl (C=O) groups excluding carboxylic acids is 1. The molecule has 5 nitrogen and oxygen atoms in total. The summed E-state index contributed by atoms with van der Waals surface area (Å²) in [6, 6.07) is 28.6. The number of fused-ring (bicyclic) bond motifs is 1. The second-order valence-electron chi connectivity index (χ2n) is 9.49. The average molecular weight is 473 g/mol. The van der Waals surface area contributed by atoms with Crippen molar-refractivity contribution in [3.8, 4) is 22.5 Å². The summed E-state index contributed by atoms with van der Waals surface area (Å²) >= 11 is 0. The highest BCUT2D eigenvalue weighted by Gasteiger charge is 2.25. The standard InChI is InChI=1S/C31H28N4O/c36-29(19-23-11-12-23)26-15-13-25(14-16-26)28-20-33-31-30(32-18-17-22-7-3-1-4-8-22)34-27(21-35(28)31)24-9-5-2-6-10-24/h1-10,13-16,20-21,23H,11-12,17-19H2,(H,32,34). The van der Waals surface area contributed by atoms with Crippen molar-refractivity contribution in [3.05, 3.63) is 108 Å². The molecule has 1 aliphatic carbocycles. The van der Waals surface area contributed by atoms with Crippen molar-refractivity contribution in [1.29, 1.82) is 0 Å². The summed E-state index contributed by atoms with van der Waals surface area (Å²) in [6.07, 6.45) is 7.86. The van der Waals surface area contributed by atoms with Crippen molar-refractivity contribution < 1.29 is 4.79 Å². The third-order valence-corrected chi connectivity index (χ3v) is 6.78. The number of hydrogen-bond donors (Lipinski definition) is 1. The van der Waals surface area contributed by atoms with Crippen LogP contribution in [0.3, 0.4) is 0 Å². The van der Waals surface area contributed by atoms with E-state index in [0.717, 1.165) is 52.5 Å². The van der Waals surface area contributed by atoms with E-state index < -0.39 is 0 Å². The number of nitrogens with one attached hydrogen (secondary N) is 1. The number of ketones is 1. The first kappa shape index (κ1) is 22.2. The van der Waals surface area contributed by atoms with Crippen LogP contribution in [0.15, 0.2) is 97.3 Å². The second kappa shape index (κ2) is 9.78. The van der Waals surface area contributed by atoms with Gasteiger partial charge in [-0.1, -0.05) is 84.9 Å². The molecule has 0 unspecified atom stereocenters. The van der Waals surface area contributed by atoms with Gasteiger partial charge < -0.3 is 5.32 Å². The van der Waals surface area contributed by atoms with Crippen LogP contribution in [0.2, 0.25) is 0 Å². The Morgan fingerprint density at radius 1 is 0.889 bits per heavy atom. The molecule has 2 heterocycles. The minimum Gasteiger partial charge on any atom is -0.367 e. The van der Waals surface area contributed by atoms with Gasteiger partial charge in [0, 0.05) is 35.9 Å². The number of benzene rings is 3. The molecule has 1 N–H and O–H groups in total. The Hall–Kier alpha value is -4.25. The summed E-state index contributed by atoms with van der Waals surface area (Å²) < 4.78 is 2.10. The molecule has 36 heavy (non-hydrogen) atoms. The van der Waals surface area contributed by atoms with Crippen LogP contribution in [0.4, 0.5) is 5.82 Å². The molecule has 0 radical (unpaired) electrons. The first-order chi connectivity index (χ1) is 17.7. The molecule has 6 rings (SSSR count). The fourth-order valence-corrected chi connectivity index (χ4v) is 4.57. The number of anilines is 1. The van der Waals surface area contributed by atoms with E-state index >= 15 is 0 Å². The zero-order valence-corrected chi connectivity index (χ0v) is 20.1. The van der Waals surface area contributed by atoms with Crippen molar-refractivity contribution in [3.63, 3.8) is 0 Å². The summed E-state index contributed by atoms with van der Waals surface area (Å²) in [6.45, 7) is 0.755. The summed E-state index contributed by atoms with van der Waals surface area (Å²) in [5.74, 6) is 1.59. The smallest absolute Gasteiger partial charge is 0.180 e. The third kappa shape index (κ3) is 4.78. The van der Waals surface area contributed by atoms with E-state index in [1.807, 2.05) is 60.9 Å². The van der Waals surface area contributed by atoms with Crippen LogP contribution >= 0.6 is 0 Å². The quantitative estimate of drug-likeness (QED) is 0.243. The predicted molar refractivity (Wildman–Crippen MR) is 144 cm³/mol. The first-order valence-corrected chi connectivity index (χ1v) is 12.6. The molecule has 1 aliphatic rings. The van der Waals surface area contributed by atoms with Crippen LogP contribution in [0, 0.1) is 5.92 Å². The number of aromatic nitrogens is 3. The second-order valence-corrected chi connectivity index (χ2v) is 9.49. The minimum absolute atomic E-state index is 0.239. The van der Waals surface area contributed by atoms with Crippen LogP contribution in [0.5, 0.6) is 0 Å². The maximum absolute atomic E-state index is 12.5. The fraction of sp³-hybridized carbons (Fsp3) is 0.194. The van der Waals surface area contributed by atoms with E-state index in [0.29, 0.717) is 12.3 Å². The van der Waals surface area contributed by atoms with Gasteiger partial charge in [0.1, 0.15) is 0 Å². The normalized spacial score (nSPS) is 13.1. The molecule has 3 aromatic carbocycles. The molecular formula is C31H28N4O. The van der Waals surface area contributed by atoms with Gasteiger partial charge in [-0.05, 0) is 30.7 Å². The number of nitrogens with zero attached hydrogens (tertiary/aromatic N) is 3. The van der Waals surface area contributed by atoms with Gasteiger partial charge in [-0.2, -0.15) is 0 Å². The topological polar surface area (TPSA) is 59.3 Å². The van der Waals surface area contributed by atoms with Crippen molar-refractivity contribution in [2.75, 3.05) is 11.9 Å². The Labute approximate surface area is 210 Å². The van der Waals surface area contributed by atoms with E-state index in [4.69, 9.17) is 9.97 Å². The van der Waals surface area contributed by atoms with Crippen molar-refractivity contribution >= 4 is 17.2 Å². The Balaban J connectivity index is 1.33. The maximum atomic E-state index is 12.5. The number of Topliss-reactive ketones (excluding diaryl/α,β-unsaturated/α-hetero) is 1. The average Bonchev–Trinajstić information content (AvgIpc) is 3.64. The van der Waals surface area contributed by atoms with Gasteiger partial charge in [0.25, 0.3) is 0 Å². The molecular weight excluding hydrogens is 444 g/mol. The molecule has 0 atom stereocenters. The van der Waals surface area contributed by atoms with Gasteiger partial charge in [-0.25, -0.2) is 9.97 Å². The van der Waals surface area contributed by atoms with E-state index in [1.54, 1.807) is 0 Å². The van der Waals surface area contributed by atoms with Crippen LogP contribution in [-0.4, -0.2) is 26.7 Å². The molecule has 5 heteroatoms. The van der Waals surface area contributed by atoms with E-state index in [-0.39, 0.29) is 5.78 Å². The fourth-order valence-electron chi connectivity index (χ4n) is 4.57. The van der Waals surface area contributed by atoms with Crippen molar-refractivity contribution in [1.82, 2.24) is 14.4 Å². The maximum Gasteiger partial charge on any atom is 0.180 e. The molecule has 2 aromatic heterocycles. The first-order valence-electron chi connectivity index (χ1n) is 12.6. The lowest BCUT2D eigenvalue weighted by molar-refractivity contribution is 0.0976.